The van der Waals surface area contributed by atoms with Gasteiger partial charge >= 0.3 is 0 Å². The van der Waals surface area contributed by atoms with E-state index in [-0.39, 0.29) is 17.2 Å². The van der Waals surface area contributed by atoms with Crippen molar-refractivity contribution < 1.29 is 13.2 Å². The molecule has 0 saturated heterocycles. The molecule has 0 aliphatic rings. The zero-order valence-corrected chi connectivity index (χ0v) is 12.8. The monoisotopic (exact) mass is 308 g/mol. The first kappa shape index (κ1) is 15.3. The highest BCUT2D eigenvalue weighted by Crippen LogP contribution is 2.17. The molecule has 0 atom stereocenters. The summed E-state index contributed by atoms with van der Waals surface area (Å²) in [4.78, 5) is 15.5. The number of sulfonamides is 1. The summed E-state index contributed by atoms with van der Waals surface area (Å²) >= 11 is 0. The molecule has 0 aliphatic heterocycles. The molecule has 2 rings (SSSR count). The minimum absolute atomic E-state index is 0.0526. The first-order valence-electron chi connectivity index (χ1n) is 6.26. The number of aromatic amines is 1. The summed E-state index contributed by atoms with van der Waals surface area (Å²) in [6.07, 6.45) is 0. The van der Waals surface area contributed by atoms with Crippen LogP contribution in [0.2, 0.25) is 0 Å². The number of hydrogen-bond donors (Lipinski definition) is 1. The largest absolute Gasteiger partial charge is 0.295 e. The summed E-state index contributed by atoms with van der Waals surface area (Å²) < 4.78 is 26.1. The molecule has 8 heteroatoms. The average Bonchev–Trinajstić information content (AvgIpc) is 2.84. The van der Waals surface area contributed by atoms with Crippen molar-refractivity contribution in [3.8, 4) is 0 Å². The van der Waals surface area contributed by atoms with Gasteiger partial charge in [-0.05, 0) is 26.0 Å². The second kappa shape index (κ2) is 5.74. The molecule has 1 aromatic heterocycles. The second-order valence-corrected chi connectivity index (χ2v) is 6.73. The average molecular weight is 308 g/mol. The van der Waals surface area contributed by atoms with E-state index in [1.54, 1.807) is 19.1 Å². The van der Waals surface area contributed by atoms with Gasteiger partial charge < -0.3 is 0 Å². The number of ketones is 1. The summed E-state index contributed by atoms with van der Waals surface area (Å²) in [5.41, 5.74) is 0.359. The van der Waals surface area contributed by atoms with E-state index < -0.39 is 10.0 Å². The van der Waals surface area contributed by atoms with Crippen LogP contribution in [0.15, 0.2) is 29.2 Å². The Morgan fingerprint density at radius 2 is 2.10 bits per heavy atom. The summed E-state index contributed by atoms with van der Waals surface area (Å²) in [5, 5.41) is 6.57. The molecule has 0 aliphatic carbocycles. The van der Waals surface area contributed by atoms with Gasteiger partial charge in [0, 0.05) is 12.6 Å². The molecule has 1 N–H and O–H groups in total. The molecule has 0 bridgehead atoms. The van der Waals surface area contributed by atoms with E-state index in [1.807, 2.05) is 0 Å². The van der Waals surface area contributed by atoms with Crippen molar-refractivity contribution in [1.82, 2.24) is 19.5 Å². The Morgan fingerprint density at radius 1 is 1.38 bits per heavy atom. The molecule has 0 radical (unpaired) electrons. The number of carbonyl (C=O) groups is 1. The maximum atomic E-state index is 12.5. The highest BCUT2D eigenvalue weighted by molar-refractivity contribution is 7.89. The quantitative estimate of drug-likeness (QED) is 0.835. The Labute approximate surface area is 123 Å². The highest BCUT2D eigenvalue weighted by Gasteiger charge is 2.22. The molecular formula is C13H16N4O3S. The number of Topliss-reactive ketones (excluding diaryl/α,β-unsaturated/α-hetero) is 1. The van der Waals surface area contributed by atoms with Crippen LogP contribution in [0.4, 0.5) is 0 Å². The summed E-state index contributed by atoms with van der Waals surface area (Å²) in [7, 11) is -2.25. The van der Waals surface area contributed by atoms with Crippen LogP contribution in [0.5, 0.6) is 0 Å². The molecule has 0 amide bonds. The fourth-order valence-electron chi connectivity index (χ4n) is 1.80. The molecule has 0 unspecified atom stereocenters. The number of nitrogens with zero attached hydrogens (tertiary/aromatic N) is 3. The van der Waals surface area contributed by atoms with Crippen molar-refractivity contribution in [2.45, 2.75) is 25.3 Å². The normalized spacial score (nSPS) is 11.8. The van der Waals surface area contributed by atoms with Gasteiger partial charge in [-0.15, -0.1) is 0 Å². The van der Waals surface area contributed by atoms with Crippen molar-refractivity contribution in [2.24, 2.45) is 0 Å². The second-order valence-electron chi connectivity index (χ2n) is 4.68. The number of aromatic nitrogens is 3. The van der Waals surface area contributed by atoms with Crippen LogP contribution >= 0.6 is 0 Å². The number of H-pyrrole nitrogens is 1. The predicted octanol–water partition coefficient (Wildman–Crippen LogP) is 1.14. The third-order valence-electron chi connectivity index (χ3n) is 2.96. The number of benzene rings is 1. The lowest BCUT2D eigenvalue weighted by Gasteiger charge is -2.15. The van der Waals surface area contributed by atoms with E-state index in [9.17, 15) is 13.2 Å². The van der Waals surface area contributed by atoms with Crippen molar-refractivity contribution >= 4 is 15.8 Å². The zero-order chi connectivity index (χ0) is 15.6. The smallest absolute Gasteiger partial charge is 0.243 e. The fourth-order valence-corrected chi connectivity index (χ4v) is 2.97. The lowest BCUT2D eigenvalue weighted by Crippen LogP contribution is -2.27. The van der Waals surface area contributed by atoms with Crippen LogP contribution in [0.1, 0.15) is 28.9 Å². The van der Waals surface area contributed by atoms with Crippen LogP contribution in [-0.2, 0) is 16.6 Å². The molecule has 2 aromatic rings. The molecule has 0 spiro atoms. The topological polar surface area (TPSA) is 96.0 Å². The molecule has 0 fully saturated rings. The fraction of sp³-hybridized carbons (Fsp3) is 0.308. The van der Waals surface area contributed by atoms with E-state index in [0.717, 1.165) is 4.31 Å². The van der Waals surface area contributed by atoms with Crippen LogP contribution in [0.25, 0.3) is 0 Å². The van der Waals surface area contributed by atoms with Crippen LogP contribution in [0.3, 0.4) is 0 Å². The van der Waals surface area contributed by atoms with E-state index in [4.69, 9.17) is 0 Å². The van der Waals surface area contributed by atoms with Gasteiger partial charge in [0.2, 0.25) is 10.0 Å². The molecular weight excluding hydrogens is 292 g/mol. The number of hydrogen-bond acceptors (Lipinski definition) is 5. The van der Waals surface area contributed by atoms with Gasteiger partial charge in [0.25, 0.3) is 0 Å². The van der Waals surface area contributed by atoms with Gasteiger partial charge in [0.05, 0.1) is 11.4 Å². The number of aryl methyl sites for hydroxylation is 1. The van der Waals surface area contributed by atoms with Crippen LogP contribution in [0, 0.1) is 6.92 Å². The first-order chi connectivity index (χ1) is 9.80. The summed E-state index contributed by atoms with van der Waals surface area (Å²) in [5.74, 6) is 0.829. The van der Waals surface area contributed by atoms with E-state index in [1.165, 1.54) is 26.1 Å². The van der Waals surface area contributed by atoms with Gasteiger partial charge in [-0.25, -0.2) is 13.4 Å². The van der Waals surface area contributed by atoms with Gasteiger partial charge in [-0.2, -0.15) is 9.40 Å². The Hall–Kier alpha value is -2.06. The van der Waals surface area contributed by atoms with Gasteiger partial charge in [0.15, 0.2) is 11.6 Å². The SMILES string of the molecule is CC(=O)c1cccc(S(=O)(=O)N(C)Cc2n[nH]c(C)n2)c1. The Balaban J connectivity index is 2.28. The Bertz CT molecular complexity index is 767. The first-order valence-corrected chi connectivity index (χ1v) is 7.70. The number of rotatable bonds is 5. The lowest BCUT2D eigenvalue weighted by atomic mass is 10.2. The minimum atomic E-state index is -3.70. The van der Waals surface area contributed by atoms with Crippen LogP contribution in [-0.4, -0.2) is 40.7 Å². The molecule has 0 saturated carbocycles. The maximum absolute atomic E-state index is 12.5. The third-order valence-corrected chi connectivity index (χ3v) is 4.76. The maximum Gasteiger partial charge on any atom is 0.243 e. The van der Waals surface area contributed by atoms with Gasteiger partial charge in [-0.1, -0.05) is 12.1 Å². The van der Waals surface area contributed by atoms with E-state index >= 15 is 0 Å². The lowest BCUT2D eigenvalue weighted by molar-refractivity contribution is 0.101. The zero-order valence-electron chi connectivity index (χ0n) is 12.0. The molecule has 1 heterocycles. The van der Waals surface area contributed by atoms with Gasteiger partial charge in [0.1, 0.15) is 5.82 Å². The molecule has 7 nitrogen and oxygen atoms in total. The van der Waals surface area contributed by atoms with Crippen LogP contribution < -0.4 is 0 Å². The third kappa shape index (κ3) is 3.34. The van der Waals surface area contributed by atoms with Crippen molar-refractivity contribution in [3.05, 3.63) is 41.5 Å². The number of carbonyl (C=O) groups excluding carboxylic acids is 1. The number of nitrogens with one attached hydrogen (secondary N) is 1. The predicted molar refractivity (Wildman–Crippen MR) is 76.2 cm³/mol. The Kier molecular flexibility index (Phi) is 4.19. The highest BCUT2D eigenvalue weighted by atomic mass is 32.2. The standard InChI is InChI=1S/C13H16N4O3S/c1-9(18)11-5-4-6-12(7-11)21(19,20)17(3)8-13-14-10(2)15-16-13/h4-7H,8H2,1-3H3,(H,14,15,16). The van der Waals surface area contributed by atoms with Gasteiger partial charge in [-0.3, -0.25) is 9.89 Å². The summed E-state index contributed by atoms with van der Waals surface area (Å²) in [6, 6.07) is 5.97. The van der Waals surface area contributed by atoms with Crippen molar-refractivity contribution in [1.29, 1.82) is 0 Å². The minimum Gasteiger partial charge on any atom is -0.295 e. The van der Waals surface area contributed by atoms with E-state index in [0.29, 0.717) is 17.2 Å². The molecule has 1 aromatic carbocycles. The Morgan fingerprint density at radius 3 is 2.67 bits per heavy atom. The summed E-state index contributed by atoms with van der Waals surface area (Å²) in [6.45, 7) is 3.18. The van der Waals surface area contributed by atoms with E-state index in [2.05, 4.69) is 15.2 Å². The molecule has 21 heavy (non-hydrogen) atoms. The van der Waals surface area contributed by atoms with Crippen molar-refractivity contribution in [3.63, 3.8) is 0 Å². The molecule has 112 valence electrons. The van der Waals surface area contributed by atoms with Crippen molar-refractivity contribution in [2.75, 3.05) is 7.05 Å².